The smallest absolute Gasteiger partial charge is 0.114 e. The topological polar surface area (TPSA) is 18.5 Å². The molecule has 4 atom stereocenters. The maximum Gasteiger partial charge on any atom is 0.114 e. The Balaban J connectivity index is 1.69. The van der Waals surface area contributed by atoms with E-state index in [0.29, 0.717) is 18.4 Å². The van der Waals surface area contributed by atoms with Crippen LogP contribution in [0.3, 0.4) is 0 Å². The van der Waals surface area contributed by atoms with Crippen molar-refractivity contribution in [2.24, 2.45) is 17.3 Å². The fourth-order valence-electron chi connectivity index (χ4n) is 4.99. The number of ether oxygens (including phenoxy) is 2. The van der Waals surface area contributed by atoms with E-state index in [-0.39, 0.29) is 11.0 Å². The Morgan fingerprint density at radius 3 is 3.00 bits per heavy atom. The highest BCUT2D eigenvalue weighted by Gasteiger charge is 2.58. The Morgan fingerprint density at radius 2 is 2.00 bits per heavy atom. The molecule has 0 amide bonds. The third-order valence-corrected chi connectivity index (χ3v) is 6.00. The Bertz CT molecular complexity index is 690. The van der Waals surface area contributed by atoms with Gasteiger partial charge in [0.2, 0.25) is 0 Å². The van der Waals surface area contributed by atoms with Crippen molar-refractivity contribution in [3.63, 3.8) is 0 Å². The van der Waals surface area contributed by atoms with Crippen LogP contribution in [0.2, 0.25) is 0 Å². The van der Waals surface area contributed by atoms with E-state index in [1.165, 1.54) is 17.6 Å². The molecule has 0 bridgehead atoms. The first-order chi connectivity index (χ1) is 10.8. The van der Waals surface area contributed by atoms with Crippen LogP contribution in [-0.2, 0) is 9.47 Å². The molecule has 0 aromatic rings. The maximum atomic E-state index is 6.33. The average Bonchev–Trinajstić information content (AvgIpc) is 2.60. The molecule has 3 aliphatic carbocycles. The highest BCUT2D eigenvalue weighted by molar-refractivity contribution is 5.50. The summed E-state index contributed by atoms with van der Waals surface area (Å²) in [4.78, 5) is 0. The van der Waals surface area contributed by atoms with Crippen molar-refractivity contribution in [2.75, 3.05) is 13.2 Å². The molecule has 0 aromatic carbocycles. The number of fused-ring (bicyclic) bond motifs is 2. The molecule has 22 heavy (non-hydrogen) atoms. The van der Waals surface area contributed by atoms with E-state index in [1.807, 2.05) is 6.26 Å². The van der Waals surface area contributed by atoms with Crippen LogP contribution < -0.4 is 0 Å². The Kier molecular flexibility index (Phi) is 2.52. The van der Waals surface area contributed by atoms with Crippen molar-refractivity contribution in [3.05, 3.63) is 72.1 Å². The predicted molar refractivity (Wildman–Crippen MR) is 86.0 cm³/mol. The van der Waals surface area contributed by atoms with Crippen LogP contribution in [0.5, 0.6) is 0 Å². The van der Waals surface area contributed by atoms with Gasteiger partial charge < -0.3 is 9.47 Å². The minimum atomic E-state index is -0.252. The standard InChI is InChI=1S/C20H20O2/c1-2-10-20-11-6-17-16-7-13-21-14-15(16)4-5-18(17)19(20,8-1)9-3-12-22-20/h1-2,4-8,10-11,13,17-18H,3,9,12,14H2. The summed E-state index contributed by atoms with van der Waals surface area (Å²) in [5.74, 6) is 0.895. The molecule has 2 aliphatic heterocycles. The lowest BCUT2D eigenvalue weighted by molar-refractivity contribution is -0.116. The molecule has 0 saturated carbocycles. The van der Waals surface area contributed by atoms with Gasteiger partial charge >= 0.3 is 0 Å². The van der Waals surface area contributed by atoms with Crippen LogP contribution >= 0.6 is 0 Å². The van der Waals surface area contributed by atoms with Gasteiger partial charge in [0.05, 0.1) is 6.26 Å². The molecule has 2 nitrogen and oxygen atoms in total. The molecule has 1 fully saturated rings. The largest absolute Gasteiger partial charge is 0.496 e. The highest BCUT2D eigenvalue weighted by atomic mass is 16.5. The van der Waals surface area contributed by atoms with Crippen LogP contribution in [-0.4, -0.2) is 18.8 Å². The van der Waals surface area contributed by atoms with Crippen molar-refractivity contribution in [2.45, 2.75) is 18.4 Å². The van der Waals surface area contributed by atoms with Crippen LogP contribution in [0.15, 0.2) is 72.1 Å². The van der Waals surface area contributed by atoms with Crippen LogP contribution in [0.1, 0.15) is 12.8 Å². The molecule has 2 heteroatoms. The normalized spacial score (nSPS) is 44.0. The van der Waals surface area contributed by atoms with E-state index in [1.54, 1.807) is 0 Å². The third kappa shape index (κ3) is 1.44. The molecular weight excluding hydrogens is 272 g/mol. The minimum Gasteiger partial charge on any atom is -0.496 e. The summed E-state index contributed by atoms with van der Waals surface area (Å²) in [5, 5.41) is 0. The zero-order valence-electron chi connectivity index (χ0n) is 12.6. The Labute approximate surface area is 131 Å². The first kappa shape index (κ1) is 12.7. The number of hydrogen-bond donors (Lipinski definition) is 0. The molecule has 2 heterocycles. The zero-order valence-corrected chi connectivity index (χ0v) is 12.6. The lowest BCUT2D eigenvalue weighted by Crippen LogP contribution is -2.58. The van der Waals surface area contributed by atoms with E-state index >= 15 is 0 Å². The summed E-state index contributed by atoms with van der Waals surface area (Å²) in [6, 6.07) is 0. The van der Waals surface area contributed by atoms with Gasteiger partial charge in [-0.05, 0) is 42.1 Å². The highest BCUT2D eigenvalue weighted by Crippen LogP contribution is 2.60. The van der Waals surface area contributed by atoms with Crippen molar-refractivity contribution >= 4 is 0 Å². The summed E-state index contributed by atoms with van der Waals surface area (Å²) in [5.41, 5.74) is 2.55. The van der Waals surface area contributed by atoms with Crippen molar-refractivity contribution in [1.82, 2.24) is 0 Å². The monoisotopic (exact) mass is 292 g/mol. The van der Waals surface area contributed by atoms with Crippen molar-refractivity contribution in [1.29, 1.82) is 0 Å². The third-order valence-electron chi connectivity index (χ3n) is 6.00. The summed E-state index contributed by atoms with van der Waals surface area (Å²) in [6.07, 6.45) is 24.7. The van der Waals surface area contributed by atoms with Gasteiger partial charge in [0.25, 0.3) is 0 Å². The molecule has 1 saturated heterocycles. The van der Waals surface area contributed by atoms with Gasteiger partial charge in [-0.1, -0.05) is 42.5 Å². The maximum absolute atomic E-state index is 6.33. The van der Waals surface area contributed by atoms with Gasteiger partial charge in [-0.25, -0.2) is 0 Å². The van der Waals surface area contributed by atoms with E-state index in [9.17, 15) is 0 Å². The number of rotatable bonds is 0. The van der Waals surface area contributed by atoms with Gasteiger partial charge in [0.1, 0.15) is 12.2 Å². The average molecular weight is 292 g/mol. The molecule has 0 N–H and O–H groups in total. The zero-order chi connectivity index (χ0) is 14.6. The Morgan fingerprint density at radius 1 is 1.05 bits per heavy atom. The minimum absolute atomic E-state index is 0.0561. The Hall–Kier alpha value is -1.80. The van der Waals surface area contributed by atoms with Gasteiger partial charge in [-0.3, -0.25) is 0 Å². The molecule has 112 valence electrons. The SMILES string of the molecule is C1=CC23C=CC4C5=C(C=CC4C2(C=C1)CCCO3)COC=C5. The molecule has 5 rings (SSSR count). The second kappa shape index (κ2) is 4.36. The van der Waals surface area contributed by atoms with Gasteiger partial charge in [0, 0.05) is 17.9 Å². The molecule has 0 aromatic heterocycles. The molecule has 5 aliphatic rings. The fourth-order valence-corrected chi connectivity index (χ4v) is 4.99. The van der Waals surface area contributed by atoms with Crippen LogP contribution in [0.25, 0.3) is 0 Å². The molecule has 0 spiro atoms. The van der Waals surface area contributed by atoms with Crippen LogP contribution in [0.4, 0.5) is 0 Å². The summed E-state index contributed by atoms with van der Waals surface area (Å²) in [7, 11) is 0. The van der Waals surface area contributed by atoms with Crippen molar-refractivity contribution < 1.29 is 9.47 Å². The number of allylic oxidation sites excluding steroid dienone is 6. The van der Waals surface area contributed by atoms with Crippen molar-refractivity contribution in [3.8, 4) is 0 Å². The summed E-state index contributed by atoms with van der Waals surface area (Å²) < 4.78 is 11.8. The van der Waals surface area contributed by atoms with Gasteiger partial charge in [-0.2, -0.15) is 0 Å². The first-order valence-electron chi connectivity index (χ1n) is 8.25. The van der Waals surface area contributed by atoms with Gasteiger partial charge in [0.15, 0.2) is 0 Å². The van der Waals surface area contributed by atoms with E-state index < -0.39 is 0 Å². The second-order valence-electron chi connectivity index (χ2n) is 6.87. The quantitative estimate of drug-likeness (QED) is 0.631. The summed E-state index contributed by atoms with van der Waals surface area (Å²) in [6.45, 7) is 1.55. The molecule has 4 unspecified atom stereocenters. The van der Waals surface area contributed by atoms with E-state index in [0.717, 1.165) is 13.0 Å². The lowest BCUT2D eigenvalue weighted by Gasteiger charge is -2.58. The van der Waals surface area contributed by atoms with Crippen LogP contribution in [0, 0.1) is 17.3 Å². The predicted octanol–water partition coefficient (Wildman–Crippen LogP) is 3.86. The lowest BCUT2D eigenvalue weighted by atomic mass is 9.51. The van der Waals surface area contributed by atoms with E-state index in [2.05, 4.69) is 54.7 Å². The number of hydrogen-bond acceptors (Lipinski definition) is 2. The summed E-state index contributed by atoms with van der Waals surface area (Å²) >= 11 is 0. The van der Waals surface area contributed by atoms with Gasteiger partial charge in [-0.15, -0.1) is 0 Å². The van der Waals surface area contributed by atoms with E-state index in [4.69, 9.17) is 9.47 Å². The molecule has 0 radical (unpaired) electrons. The molecular formula is C20H20O2. The fraction of sp³-hybridized carbons (Fsp3) is 0.400. The first-order valence-corrected chi connectivity index (χ1v) is 8.25. The second-order valence-corrected chi connectivity index (χ2v) is 6.87.